The highest BCUT2D eigenvalue weighted by atomic mass is 32.1. The maximum atomic E-state index is 14.1. The normalized spacial score (nSPS) is 10.7. The van der Waals surface area contributed by atoms with Crippen LogP contribution >= 0.6 is 11.3 Å². The number of halogens is 1. The molecule has 0 spiro atoms. The fourth-order valence-electron chi connectivity index (χ4n) is 1.98. The summed E-state index contributed by atoms with van der Waals surface area (Å²) in [5.74, 6) is -0.159. The molecule has 1 heterocycles. The molecule has 0 saturated carbocycles. The smallest absolute Gasteiger partial charge is 0.146 e. The molecule has 0 aliphatic carbocycles. The topological polar surface area (TPSA) is 15.3 Å². The van der Waals surface area contributed by atoms with Gasteiger partial charge in [-0.1, -0.05) is 13.0 Å². The molecule has 0 unspecified atom stereocenters. The predicted molar refractivity (Wildman–Crippen MR) is 80.2 cm³/mol. The molecule has 0 amide bonds. The van der Waals surface area contributed by atoms with Gasteiger partial charge >= 0.3 is 0 Å². The highest BCUT2D eigenvalue weighted by molar-refractivity contribution is 7.07. The Kier molecular flexibility index (Phi) is 4.93. The Labute approximate surface area is 117 Å². The van der Waals surface area contributed by atoms with Crippen molar-refractivity contribution in [2.24, 2.45) is 0 Å². The summed E-state index contributed by atoms with van der Waals surface area (Å²) >= 11 is 1.66. The summed E-state index contributed by atoms with van der Waals surface area (Å²) in [6, 6.07) is 7.51. The second-order valence-corrected chi connectivity index (χ2v) is 5.33. The Hall–Kier alpha value is -1.39. The van der Waals surface area contributed by atoms with Gasteiger partial charge in [0.1, 0.15) is 5.82 Å². The van der Waals surface area contributed by atoms with Gasteiger partial charge in [-0.25, -0.2) is 4.39 Å². The summed E-state index contributed by atoms with van der Waals surface area (Å²) in [5.41, 5.74) is 2.84. The first kappa shape index (κ1) is 14.0. The maximum absolute atomic E-state index is 14.1. The summed E-state index contributed by atoms with van der Waals surface area (Å²) in [4.78, 5) is 1.94. The lowest BCUT2D eigenvalue weighted by molar-refractivity contribution is 0.617. The number of hydrogen-bond acceptors (Lipinski definition) is 3. The van der Waals surface area contributed by atoms with Crippen LogP contribution in [0.4, 0.5) is 10.1 Å². The highest BCUT2D eigenvalue weighted by Crippen LogP contribution is 2.21. The van der Waals surface area contributed by atoms with E-state index in [1.807, 2.05) is 36.4 Å². The lowest BCUT2D eigenvalue weighted by Crippen LogP contribution is -2.18. The lowest BCUT2D eigenvalue weighted by atomic mass is 10.1. The van der Waals surface area contributed by atoms with Gasteiger partial charge < -0.3 is 10.2 Å². The van der Waals surface area contributed by atoms with Crippen LogP contribution in [0.1, 0.15) is 18.1 Å². The highest BCUT2D eigenvalue weighted by Gasteiger charge is 2.09. The number of thiophene rings is 1. The Morgan fingerprint density at radius 2 is 2.11 bits per heavy atom. The van der Waals surface area contributed by atoms with Gasteiger partial charge in [0.05, 0.1) is 5.69 Å². The van der Waals surface area contributed by atoms with Crippen molar-refractivity contribution >= 4 is 17.0 Å². The molecule has 0 bridgehead atoms. The molecule has 0 atom stereocenters. The van der Waals surface area contributed by atoms with E-state index in [4.69, 9.17) is 0 Å². The average molecular weight is 278 g/mol. The van der Waals surface area contributed by atoms with Crippen LogP contribution in [0.2, 0.25) is 0 Å². The number of benzene rings is 1. The molecule has 0 aliphatic heterocycles. The maximum Gasteiger partial charge on any atom is 0.146 e. The number of nitrogens with zero attached hydrogens (tertiary/aromatic N) is 1. The molecule has 4 heteroatoms. The Bertz CT molecular complexity index is 511. The molecule has 2 nitrogen and oxygen atoms in total. The van der Waals surface area contributed by atoms with E-state index < -0.39 is 0 Å². The van der Waals surface area contributed by atoms with Gasteiger partial charge in [0.15, 0.2) is 0 Å². The molecule has 1 N–H and O–H groups in total. The van der Waals surface area contributed by atoms with Crippen molar-refractivity contribution in [3.05, 3.63) is 52.0 Å². The third kappa shape index (κ3) is 3.78. The van der Waals surface area contributed by atoms with Crippen LogP contribution < -0.4 is 10.2 Å². The van der Waals surface area contributed by atoms with E-state index in [1.165, 1.54) is 5.56 Å². The van der Waals surface area contributed by atoms with E-state index in [9.17, 15) is 4.39 Å². The van der Waals surface area contributed by atoms with E-state index in [2.05, 4.69) is 16.8 Å². The first-order valence-corrected chi connectivity index (χ1v) is 7.36. The largest absolute Gasteiger partial charge is 0.368 e. The quantitative estimate of drug-likeness (QED) is 0.868. The van der Waals surface area contributed by atoms with Gasteiger partial charge in [-0.3, -0.25) is 0 Å². The third-order valence-electron chi connectivity index (χ3n) is 3.00. The molecule has 0 saturated heterocycles. The minimum atomic E-state index is -0.159. The van der Waals surface area contributed by atoms with Gasteiger partial charge in [0.25, 0.3) is 0 Å². The fourth-order valence-corrected chi connectivity index (χ4v) is 2.64. The zero-order valence-corrected chi connectivity index (χ0v) is 12.1. The van der Waals surface area contributed by atoms with Crippen LogP contribution in [0.15, 0.2) is 35.0 Å². The second-order valence-electron chi connectivity index (χ2n) is 4.55. The van der Waals surface area contributed by atoms with Gasteiger partial charge in [-0.2, -0.15) is 11.3 Å². The van der Waals surface area contributed by atoms with Gasteiger partial charge in [-0.15, -0.1) is 0 Å². The third-order valence-corrected chi connectivity index (χ3v) is 3.73. The molecular formula is C15H19FN2S. The zero-order valence-electron chi connectivity index (χ0n) is 11.3. The summed E-state index contributed by atoms with van der Waals surface area (Å²) < 4.78 is 14.1. The summed E-state index contributed by atoms with van der Waals surface area (Å²) in [5, 5.41) is 7.33. The van der Waals surface area contributed by atoms with E-state index in [1.54, 1.807) is 17.4 Å². The Morgan fingerprint density at radius 3 is 2.74 bits per heavy atom. The molecule has 0 radical (unpaired) electrons. The van der Waals surface area contributed by atoms with Crippen LogP contribution in [0, 0.1) is 5.82 Å². The average Bonchev–Trinajstić information content (AvgIpc) is 2.89. The van der Waals surface area contributed by atoms with E-state index in [0.717, 1.165) is 18.7 Å². The van der Waals surface area contributed by atoms with Gasteiger partial charge in [-0.05, 0) is 46.6 Å². The van der Waals surface area contributed by atoms with Crippen LogP contribution in [0.5, 0.6) is 0 Å². The first-order valence-electron chi connectivity index (χ1n) is 6.42. The van der Waals surface area contributed by atoms with E-state index >= 15 is 0 Å². The molecule has 0 fully saturated rings. The Balaban J connectivity index is 2.07. The lowest BCUT2D eigenvalue weighted by Gasteiger charge is -2.20. The minimum Gasteiger partial charge on any atom is -0.368 e. The first-order chi connectivity index (χ1) is 9.20. The summed E-state index contributed by atoms with van der Waals surface area (Å²) in [7, 11) is 1.92. The standard InChI is InChI=1S/C15H19FN2S/c1-3-17-9-12-4-5-15(14(16)8-12)18(2)10-13-6-7-19-11-13/h4-8,11,17H,3,9-10H2,1-2H3. The van der Waals surface area contributed by atoms with Crippen molar-refractivity contribution < 1.29 is 4.39 Å². The van der Waals surface area contributed by atoms with Crippen molar-refractivity contribution in [2.45, 2.75) is 20.0 Å². The predicted octanol–water partition coefficient (Wildman–Crippen LogP) is 3.63. The molecule has 1 aromatic heterocycles. The molecular weight excluding hydrogens is 259 g/mol. The van der Waals surface area contributed by atoms with E-state index in [0.29, 0.717) is 12.2 Å². The molecule has 1 aromatic carbocycles. The molecule has 19 heavy (non-hydrogen) atoms. The van der Waals surface area contributed by atoms with E-state index in [-0.39, 0.29) is 5.82 Å². The van der Waals surface area contributed by atoms with Crippen LogP contribution in [-0.2, 0) is 13.1 Å². The number of anilines is 1. The van der Waals surface area contributed by atoms with Crippen LogP contribution in [0.3, 0.4) is 0 Å². The van der Waals surface area contributed by atoms with Crippen molar-refractivity contribution in [2.75, 3.05) is 18.5 Å². The Morgan fingerprint density at radius 1 is 1.26 bits per heavy atom. The van der Waals surface area contributed by atoms with Crippen molar-refractivity contribution in [3.8, 4) is 0 Å². The van der Waals surface area contributed by atoms with Gasteiger partial charge in [0.2, 0.25) is 0 Å². The number of hydrogen-bond donors (Lipinski definition) is 1. The van der Waals surface area contributed by atoms with Crippen molar-refractivity contribution in [3.63, 3.8) is 0 Å². The molecule has 2 rings (SSSR count). The molecule has 102 valence electrons. The second kappa shape index (κ2) is 6.68. The summed E-state index contributed by atoms with van der Waals surface area (Å²) in [6.07, 6.45) is 0. The molecule has 0 aliphatic rings. The number of nitrogens with one attached hydrogen (secondary N) is 1. The molecule has 2 aromatic rings. The monoisotopic (exact) mass is 278 g/mol. The van der Waals surface area contributed by atoms with Crippen molar-refractivity contribution in [1.82, 2.24) is 5.32 Å². The van der Waals surface area contributed by atoms with Gasteiger partial charge in [0, 0.05) is 20.1 Å². The van der Waals surface area contributed by atoms with Crippen LogP contribution in [0.25, 0.3) is 0 Å². The minimum absolute atomic E-state index is 0.159. The van der Waals surface area contributed by atoms with Crippen molar-refractivity contribution in [1.29, 1.82) is 0 Å². The number of rotatable bonds is 6. The van der Waals surface area contributed by atoms with Crippen LogP contribution in [-0.4, -0.2) is 13.6 Å². The summed E-state index contributed by atoms with van der Waals surface area (Å²) in [6.45, 7) is 4.37. The zero-order chi connectivity index (χ0) is 13.7. The SMILES string of the molecule is CCNCc1ccc(N(C)Cc2ccsc2)c(F)c1. The fraction of sp³-hybridized carbons (Fsp3) is 0.333.